The second-order valence-corrected chi connectivity index (χ2v) is 5.68. The van der Waals surface area contributed by atoms with E-state index in [1.165, 1.54) is 12.1 Å². The summed E-state index contributed by atoms with van der Waals surface area (Å²) in [6, 6.07) is 3.75. The molecule has 0 aliphatic carbocycles. The zero-order chi connectivity index (χ0) is 16.1. The van der Waals surface area contributed by atoms with Crippen LogP contribution in [0.1, 0.15) is 31.4 Å². The second kappa shape index (κ2) is 7.65. The van der Waals surface area contributed by atoms with Gasteiger partial charge in [-0.25, -0.2) is 8.78 Å². The summed E-state index contributed by atoms with van der Waals surface area (Å²) in [5.74, 6) is -1.32. The average molecular weight is 311 g/mol. The standard InChI is InChI=1S/C16H23F2N3O/c1-2-15(13-4-3-12(17)11-14(13)18)21-9-7-20(8-10-21)6-5-16(19)22/h3-4,11,15H,2,5-10H2,1H3,(H2,19,22). The van der Waals surface area contributed by atoms with E-state index in [9.17, 15) is 13.6 Å². The number of nitrogens with two attached hydrogens (primary N) is 1. The van der Waals surface area contributed by atoms with E-state index in [1.54, 1.807) is 0 Å². The van der Waals surface area contributed by atoms with E-state index in [4.69, 9.17) is 5.73 Å². The van der Waals surface area contributed by atoms with Gasteiger partial charge in [0.15, 0.2) is 0 Å². The molecule has 4 nitrogen and oxygen atoms in total. The Kier molecular flexibility index (Phi) is 5.85. The number of nitrogens with zero attached hydrogens (tertiary/aromatic N) is 2. The van der Waals surface area contributed by atoms with Crippen LogP contribution in [-0.4, -0.2) is 48.4 Å². The van der Waals surface area contributed by atoms with Gasteiger partial charge in [0.05, 0.1) is 0 Å². The summed E-state index contributed by atoms with van der Waals surface area (Å²) in [5, 5.41) is 0. The highest BCUT2D eigenvalue weighted by Crippen LogP contribution is 2.27. The van der Waals surface area contributed by atoms with Crippen LogP contribution in [-0.2, 0) is 4.79 Å². The van der Waals surface area contributed by atoms with E-state index in [2.05, 4.69) is 9.80 Å². The molecule has 1 atom stereocenters. The molecule has 0 saturated carbocycles. The van der Waals surface area contributed by atoms with Crippen molar-refractivity contribution in [3.8, 4) is 0 Å². The van der Waals surface area contributed by atoms with Crippen LogP contribution >= 0.6 is 0 Å². The van der Waals surface area contributed by atoms with Crippen LogP contribution in [0.4, 0.5) is 8.78 Å². The first-order valence-electron chi connectivity index (χ1n) is 7.71. The van der Waals surface area contributed by atoms with Crippen LogP contribution < -0.4 is 5.73 Å². The average Bonchev–Trinajstić information content (AvgIpc) is 2.49. The Labute approximate surface area is 129 Å². The third kappa shape index (κ3) is 4.24. The van der Waals surface area contributed by atoms with Gasteiger partial charge in [-0.3, -0.25) is 9.69 Å². The molecule has 1 aromatic rings. The largest absolute Gasteiger partial charge is 0.370 e. The van der Waals surface area contributed by atoms with Gasteiger partial charge in [-0.05, 0) is 12.5 Å². The van der Waals surface area contributed by atoms with Gasteiger partial charge in [-0.1, -0.05) is 13.0 Å². The molecule has 0 radical (unpaired) electrons. The van der Waals surface area contributed by atoms with Crippen molar-refractivity contribution in [2.45, 2.75) is 25.8 Å². The maximum atomic E-state index is 14.0. The lowest BCUT2D eigenvalue weighted by atomic mass is 10.0. The second-order valence-electron chi connectivity index (χ2n) is 5.68. The highest BCUT2D eigenvalue weighted by atomic mass is 19.1. The van der Waals surface area contributed by atoms with Gasteiger partial charge < -0.3 is 10.6 Å². The van der Waals surface area contributed by atoms with Crippen molar-refractivity contribution in [1.82, 2.24) is 9.80 Å². The van der Waals surface area contributed by atoms with Crippen molar-refractivity contribution < 1.29 is 13.6 Å². The predicted molar refractivity (Wildman–Crippen MR) is 81.2 cm³/mol. The third-order valence-corrected chi connectivity index (χ3v) is 4.23. The van der Waals surface area contributed by atoms with E-state index in [0.29, 0.717) is 18.5 Å². The molecule has 2 rings (SSSR count). The molecule has 2 N–H and O–H groups in total. The van der Waals surface area contributed by atoms with Crippen molar-refractivity contribution in [2.24, 2.45) is 5.73 Å². The monoisotopic (exact) mass is 311 g/mol. The number of carbonyl (C=O) groups is 1. The number of amides is 1. The molecule has 1 fully saturated rings. The van der Waals surface area contributed by atoms with Gasteiger partial charge in [0, 0.05) is 56.8 Å². The highest BCUT2D eigenvalue weighted by Gasteiger charge is 2.25. The molecule has 1 heterocycles. The van der Waals surface area contributed by atoms with Gasteiger partial charge >= 0.3 is 0 Å². The molecule has 0 spiro atoms. The lowest BCUT2D eigenvalue weighted by Crippen LogP contribution is -2.48. The molecule has 0 bridgehead atoms. The first-order valence-corrected chi connectivity index (χ1v) is 7.71. The van der Waals surface area contributed by atoms with Crippen LogP contribution in [0.25, 0.3) is 0 Å². The molecule has 1 aliphatic rings. The van der Waals surface area contributed by atoms with E-state index in [-0.39, 0.29) is 11.9 Å². The van der Waals surface area contributed by atoms with Gasteiger partial charge in [-0.15, -0.1) is 0 Å². The van der Waals surface area contributed by atoms with Crippen LogP contribution in [0.15, 0.2) is 18.2 Å². The number of piperazine rings is 1. The van der Waals surface area contributed by atoms with Crippen LogP contribution in [0.5, 0.6) is 0 Å². The molecule has 1 aliphatic heterocycles. The zero-order valence-corrected chi connectivity index (χ0v) is 12.9. The van der Waals surface area contributed by atoms with Crippen molar-refractivity contribution in [3.05, 3.63) is 35.4 Å². The molecule has 22 heavy (non-hydrogen) atoms. The molecule has 6 heteroatoms. The van der Waals surface area contributed by atoms with E-state index in [0.717, 1.165) is 38.7 Å². The number of carbonyl (C=O) groups excluding carboxylic acids is 1. The predicted octanol–water partition coefficient (Wildman–Crippen LogP) is 1.91. The lowest BCUT2D eigenvalue weighted by molar-refractivity contribution is -0.118. The minimum absolute atomic E-state index is 0.0427. The summed E-state index contributed by atoms with van der Waals surface area (Å²) in [4.78, 5) is 15.2. The number of primary amides is 1. The fourth-order valence-electron chi connectivity index (χ4n) is 3.01. The minimum atomic E-state index is -0.549. The molecule has 1 amide bonds. The fourth-order valence-corrected chi connectivity index (χ4v) is 3.01. The Bertz CT molecular complexity index is 516. The van der Waals surface area contributed by atoms with Crippen molar-refractivity contribution in [3.63, 3.8) is 0 Å². The molecule has 122 valence electrons. The first kappa shape index (κ1) is 16.8. The maximum absolute atomic E-state index is 14.0. The van der Waals surface area contributed by atoms with Gasteiger partial charge in [-0.2, -0.15) is 0 Å². The topological polar surface area (TPSA) is 49.6 Å². The van der Waals surface area contributed by atoms with Crippen molar-refractivity contribution in [1.29, 1.82) is 0 Å². The van der Waals surface area contributed by atoms with E-state index >= 15 is 0 Å². The summed E-state index contributed by atoms with van der Waals surface area (Å²) >= 11 is 0. The Hall–Kier alpha value is -1.53. The summed E-state index contributed by atoms with van der Waals surface area (Å²) in [5.41, 5.74) is 5.71. The molecule has 1 aromatic carbocycles. The number of hydrogen-bond donors (Lipinski definition) is 1. The first-order chi connectivity index (χ1) is 10.5. The van der Waals surface area contributed by atoms with Crippen molar-refractivity contribution in [2.75, 3.05) is 32.7 Å². The SMILES string of the molecule is CCC(c1ccc(F)cc1F)N1CCN(CCC(N)=O)CC1. The van der Waals surface area contributed by atoms with Gasteiger partial charge in [0.25, 0.3) is 0 Å². The molecule has 1 saturated heterocycles. The Morgan fingerprint density at radius 1 is 1.27 bits per heavy atom. The van der Waals surface area contributed by atoms with Crippen LogP contribution in [0.3, 0.4) is 0 Å². The summed E-state index contributed by atoms with van der Waals surface area (Å²) < 4.78 is 27.1. The Morgan fingerprint density at radius 2 is 1.95 bits per heavy atom. The number of halogens is 2. The third-order valence-electron chi connectivity index (χ3n) is 4.23. The fraction of sp³-hybridized carbons (Fsp3) is 0.562. The van der Waals surface area contributed by atoms with E-state index < -0.39 is 11.6 Å². The molecular formula is C16H23F2N3O. The summed E-state index contributed by atoms with van der Waals surface area (Å²) in [6.07, 6.45) is 1.13. The van der Waals surface area contributed by atoms with Crippen LogP contribution in [0.2, 0.25) is 0 Å². The van der Waals surface area contributed by atoms with Gasteiger partial charge in [0.2, 0.25) is 5.91 Å². The smallest absolute Gasteiger partial charge is 0.218 e. The summed E-state index contributed by atoms with van der Waals surface area (Å²) in [7, 11) is 0. The normalized spacial score (nSPS) is 18.3. The number of rotatable bonds is 6. The molecule has 1 unspecified atom stereocenters. The summed E-state index contributed by atoms with van der Waals surface area (Å²) in [6.45, 7) is 5.93. The van der Waals surface area contributed by atoms with Gasteiger partial charge in [0.1, 0.15) is 11.6 Å². The van der Waals surface area contributed by atoms with E-state index in [1.807, 2.05) is 6.92 Å². The Morgan fingerprint density at radius 3 is 2.50 bits per heavy atom. The zero-order valence-electron chi connectivity index (χ0n) is 12.9. The number of benzene rings is 1. The lowest BCUT2D eigenvalue weighted by Gasteiger charge is -2.39. The highest BCUT2D eigenvalue weighted by molar-refractivity contribution is 5.73. The minimum Gasteiger partial charge on any atom is -0.370 e. The number of hydrogen-bond acceptors (Lipinski definition) is 3. The maximum Gasteiger partial charge on any atom is 0.218 e. The quantitative estimate of drug-likeness (QED) is 0.873. The van der Waals surface area contributed by atoms with Crippen LogP contribution in [0, 0.1) is 11.6 Å². The molecular weight excluding hydrogens is 288 g/mol. The Balaban J connectivity index is 1.97. The van der Waals surface area contributed by atoms with Crippen molar-refractivity contribution >= 4 is 5.91 Å². The molecule has 0 aromatic heterocycles.